The summed E-state index contributed by atoms with van der Waals surface area (Å²) in [6.07, 6.45) is 13.4. The van der Waals surface area contributed by atoms with Crippen LogP contribution in [0.15, 0.2) is 0 Å². The maximum absolute atomic E-state index is 12.3. The predicted molar refractivity (Wildman–Crippen MR) is 88.2 cm³/mol. The van der Waals surface area contributed by atoms with Crippen molar-refractivity contribution in [3.05, 3.63) is 0 Å². The van der Waals surface area contributed by atoms with Gasteiger partial charge in [-0.1, -0.05) is 45.4 Å². The van der Waals surface area contributed by atoms with Gasteiger partial charge in [-0.2, -0.15) is 0 Å². The van der Waals surface area contributed by atoms with Crippen LogP contribution >= 0.6 is 0 Å². The molecule has 2 aliphatic carbocycles. The van der Waals surface area contributed by atoms with Crippen molar-refractivity contribution in [2.45, 2.75) is 83.1 Å². The summed E-state index contributed by atoms with van der Waals surface area (Å²) in [6, 6.07) is 0. The number of hydrogen-bond donors (Lipinski definition) is 2. The van der Waals surface area contributed by atoms with Crippen LogP contribution in [0.5, 0.6) is 0 Å². The lowest BCUT2D eigenvalue weighted by atomic mass is 9.79. The fraction of sp³-hybridized carbons (Fsp3) is 0.944. The van der Waals surface area contributed by atoms with Crippen LogP contribution < -0.4 is 10.6 Å². The minimum absolute atomic E-state index is 0.0716. The molecule has 3 nitrogen and oxygen atoms in total. The van der Waals surface area contributed by atoms with Gasteiger partial charge in [0.15, 0.2) is 0 Å². The quantitative estimate of drug-likeness (QED) is 0.785. The van der Waals surface area contributed by atoms with Gasteiger partial charge in [-0.05, 0) is 44.6 Å². The van der Waals surface area contributed by atoms with Gasteiger partial charge in [0.2, 0.25) is 5.91 Å². The van der Waals surface area contributed by atoms with E-state index in [1.54, 1.807) is 0 Å². The summed E-state index contributed by atoms with van der Waals surface area (Å²) in [4.78, 5) is 12.3. The second-order valence-corrected chi connectivity index (χ2v) is 7.37. The Labute approximate surface area is 130 Å². The van der Waals surface area contributed by atoms with E-state index >= 15 is 0 Å². The van der Waals surface area contributed by atoms with Gasteiger partial charge in [-0.3, -0.25) is 4.79 Å². The van der Waals surface area contributed by atoms with Crippen molar-refractivity contribution in [1.29, 1.82) is 0 Å². The standard InChI is InChI=1S/C18H34N2O/c1-3-15-7-9-16(10-8-15)14-20-17(21)13-18(19-2)11-5-4-6-12-18/h15-16,19H,3-14H2,1-2H3,(H,20,21). The first-order valence-electron chi connectivity index (χ1n) is 9.13. The van der Waals surface area contributed by atoms with Crippen LogP contribution in [0.4, 0.5) is 0 Å². The molecule has 2 saturated carbocycles. The van der Waals surface area contributed by atoms with Crippen LogP contribution in [0.3, 0.4) is 0 Å². The number of carbonyl (C=O) groups is 1. The van der Waals surface area contributed by atoms with Gasteiger partial charge >= 0.3 is 0 Å². The molecule has 0 saturated heterocycles. The second kappa shape index (κ2) is 8.17. The molecule has 0 radical (unpaired) electrons. The summed E-state index contributed by atoms with van der Waals surface area (Å²) in [5.74, 6) is 1.91. The maximum atomic E-state index is 12.3. The van der Waals surface area contributed by atoms with E-state index in [2.05, 4.69) is 17.6 Å². The second-order valence-electron chi connectivity index (χ2n) is 7.37. The number of nitrogens with one attached hydrogen (secondary N) is 2. The molecule has 0 aromatic heterocycles. The predicted octanol–water partition coefficient (Wildman–Crippen LogP) is 3.63. The average Bonchev–Trinajstić information content (AvgIpc) is 2.54. The Morgan fingerprint density at radius 3 is 2.24 bits per heavy atom. The SMILES string of the molecule is CCC1CCC(CNC(=O)CC2(NC)CCCCC2)CC1. The van der Waals surface area contributed by atoms with Gasteiger partial charge in [-0.15, -0.1) is 0 Å². The molecule has 2 aliphatic rings. The van der Waals surface area contributed by atoms with Crippen LogP contribution in [0.25, 0.3) is 0 Å². The van der Waals surface area contributed by atoms with Gasteiger partial charge in [0.05, 0.1) is 0 Å². The Bertz CT molecular complexity index is 315. The third-order valence-corrected chi connectivity index (χ3v) is 5.97. The molecule has 0 spiro atoms. The van der Waals surface area contributed by atoms with Crippen LogP contribution in [0, 0.1) is 11.8 Å². The molecule has 0 bridgehead atoms. The molecule has 0 aromatic carbocycles. The molecule has 122 valence electrons. The van der Waals surface area contributed by atoms with Crippen molar-refractivity contribution in [1.82, 2.24) is 10.6 Å². The van der Waals surface area contributed by atoms with Crippen LogP contribution in [-0.2, 0) is 4.79 Å². The fourth-order valence-corrected chi connectivity index (χ4v) is 4.22. The van der Waals surface area contributed by atoms with Gasteiger partial charge in [-0.25, -0.2) is 0 Å². The third-order valence-electron chi connectivity index (χ3n) is 5.97. The van der Waals surface area contributed by atoms with Crippen molar-refractivity contribution in [3.8, 4) is 0 Å². The van der Waals surface area contributed by atoms with E-state index in [-0.39, 0.29) is 11.4 Å². The first-order chi connectivity index (χ1) is 10.2. The molecule has 3 heteroatoms. The molecule has 2 fully saturated rings. The molecule has 21 heavy (non-hydrogen) atoms. The monoisotopic (exact) mass is 294 g/mol. The van der Waals surface area contributed by atoms with Gasteiger partial charge in [0, 0.05) is 18.5 Å². The Morgan fingerprint density at radius 1 is 1.05 bits per heavy atom. The highest BCUT2D eigenvalue weighted by Gasteiger charge is 2.32. The zero-order valence-corrected chi connectivity index (χ0v) is 14.0. The molecule has 2 N–H and O–H groups in total. The van der Waals surface area contributed by atoms with Crippen molar-refractivity contribution in [2.75, 3.05) is 13.6 Å². The molecule has 1 amide bonds. The summed E-state index contributed by atoms with van der Waals surface area (Å²) in [5.41, 5.74) is 0.0716. The van der Waals surface area contributed by atoms with Crippen LogP contribution in [0.1, 0.15) is 77.6 Å². The normalized spacial score (nSPS) is 29.0. The van der Waals surface area contributed by atoms with Crippen molar-refractivity contribution in [3.63, 3.8) is 0 Å². The zero-order valence-electron chi connectivity index (χ0n) is 14.0. The minimum atomic E-state index is 0.0716. The largest absolute Gasteiger partial charge is 0.356 e. The summed E-state index contributed by atoms with van der Waals surface area (Å²) >= 11 is 0. The lowest BCUT2D eigenvalue weighted by Gasteiger charge is -2.37. The van der Waals surface area contributed by atoms with Crippen molar-refractivity contribution in [2.24, 2.45) is 11.8 Å². The highest BCUT2D eigenvalue weighted by Crippen LogP contribution is 2.32. The van der Waals surface area contributed by atoms with E-state index < -0.39 is 0 Å². The molecule has 0 heterocycles. The molecular weight excluding hydrogens is 260 g/mol. The summed E-state index contributed by atoms with van der Waals surface area (Å²) in [5, 5.41) is 6.65. The number of amides is 1. The van der Waals surface area contributed by atoms with Crippen LogP contribution in [0.2, 0.25) is 0 Å². The number of rotatable bonds is 6. The first-order valence-corrected chi connectivity index (χ1v) is 9.13. The first kappa shape index (κ1) is 16.8. The number of carbonyl (C=O) groups excluding carboxylic acids is 1. The highest BCUT2D eigenvalue weighted by atomic mass is 16.1. The van der Waals surface area contributed by atoms with E-state index in [1.165, 1.54) is 51.4 Å². The van der Waals surface area contributed by atoms with Crippen molar-refractivity contribution >= 4 is 5.91 Å². The topological polar surface area (TPSA) is 41.1 Å². The highest BCUT2D eigenvalue weighted by molar-refractivity contribution is 5.77. The fourth-order valence-electron chi connectivity index (χ4n) is 4.22. The van der Waals surface area contributed by atoms with Crippen LogP contribution in [-0.4, -0.2) is 25.0 Å². The Balaban J connectivity index is 1.69. The lowest BCUT2D eigenvalue weighted by Crippen LogP contribution is -2.48. The van der Waals surface area contributed by atoms with E-state index in [9.17, 15) is 4.79 Å². The van der Waals surface area contributed by atoms with Crippen molar-refractivity contribution < 1.29 is 4.79 Å². The minimum Gasteiger partial charge on any atom is -0.356 e. The zero-order chi connectivity index (χ0) is 15.1. The van der Waals surface area contributed by atoms with Gasteiger partial charge in [0.25, 0.3) is 0 Å². The Morgan fingerprint density at radius 2 is 1.67 bits per heavy atom. The molecule has 2 rings (SSSR count). The van der Waals surface area contributed by atoms with Gasteiger partial charge < -0.3 is 10.6 Å². The van der Waals surface area contributed by atoms with E-state index in [1.807, 2.05) is 7.05 Å². The molecular formula is C18H34N2O. The van der Waals surface area contributed by atoms with Gasteiger partial charge in [0.1, 0.15) is 0 Å². The summed E-state index contributed by atoms with van der Waals surface area (Å²) in [6.45, 7) is 3.20. The van der Waals surface area contributed by atoms with E-state index in [0.717, 1.165) is 25.3 Å². The Hall–Kier alpha value is -0.570. The molecule has 0 aromatic rings. The van der Waals surface area contributed by atoms with E-state index in [0.29, 0.717) is 12.3 Å². The van der Waals surface area contributed by atoms with E-state index in [4.69, 9.17) is 0 Å². The molecule has 0 atom stereocenters. The smallest absolute Gasteiger partial charge is 0.221 e. The summed E-state index contributed by atoms with van der Waals surface area (Å²) < 4.78 is 0. The number of hydrogen-bond acceptors (Lipinski definition) is 2. The average molecular weight is 294 g/mol. The molecule has 0 aliphatic heterocycles. The molecule has 0 unspecified atom stereocenters. The summed E-state index contributed by atoms with van der Waals surface area (Å²) in [7, 11) is 2.02. The Kier molecular flexibility index (Phi) is 6.53. The lowest BCUT2D eigenvalue weighted by molar-refractivity contribution is -0.123. The third kappa shape index (κ3) is 4.98. The maximum Gasteiger partial charge on any atom is 0.221 e.